The average Bonchev–Trinajstić information content (AvgIpc) is 2.62. The number of hydrogen-bond donors (Lipinski definition) is 2. The Bertz CT molecular complexity index is 525. The normalized spacial score (nSPS) is 15.8. The molecule has 0 atom stereocenters. The summed E-state index contributed by atoms with van der Waals surface area (Å²) in [7, 11) is 0. The van der Waals surface area contributed by atoms with Crippen molar-refractivity contribution in [2.24, 2.45) is 0 Å². The molecule has 4 N–H and O–H groups in total. The SMILES string of the molecule is Nc1cc(N)cc(-c2nc(C3CCC3)no2)c1. The summed E-state index contributed by atoms with van der Waals surface area (Å²) >= 11 is 0. The van der Waals surface area contributed by atoms with Gasteiger partial charge in [-0.3, -0.25) is 0 Å². The first-order valence-electron chi connectivity index (χ1n) is 5.72. The standard InChI is InChI=1S/C12H14N4O/c13-9-4-8(5-10(14)6-9)12-15-11(16-17-12)7-2-1-3-7/h4-7H,1-3,13-14H2. The molecule has 0 aliphatic heterocycles. The van der Waals surface area contributed by atoms with Crippen molar-refractivity contribution >= 4 is 11.4 Å². The Kier molecular flexibility index (Phi) is 2.24. The van der Waals surface area contributed by atoms with Crippen LogP contribution in [0.5, 0.6) is 0 Å². The van der Waals surface area contributed by atoms with Gasteiger partial charge in [0.2, 0.25) is 0 Å². The second kappa shape index (κ2) is 3.76. The molecular weight excluding hydrogens is 216 g/mol. The van der Waals surface area contributed by atoms with Gasteiger partial charge in [-0.15, -0.1) is 0 Å². The average molecular weight is 230 g/mol. The fourth-order valence-electron chi connectivity index (χ4n) is 1.98. The van der Waals surface area contributed by atoms with Crippen LogP contribution in [0, 0.1) is 0 Å². The van der Waals surface area contributed by atoms with Crippen molar-refractivity contribution in [2.75, 3.05) is 11.5 Å². The number of nitrogens with two attached hydrogens (primary N) is 2. The molecule has 1 fully saturated rings. The van der Waals surface area contributed by atoms with Gasteiger partial charge in [0.1, 0.15) is 0 Å². The highest BCUT2D eigenvalue weighted by atomic mass is 16.5. The summed E-state index contributed by atoms with van der Waals surface area (Å²) in [6.07, 6.45) is 3.55. The first-order chi connectivity index (χ1) is 8.22. The molecule has 0 amide bonds. The smallest absolute Gasteiger partial charge is 0.258 e. The van der Waals surface area contributed by atoms with Crippen LogP contribution in [0.15, 0.2) is 22.7 Å². The third-order valence-electron chi connectivity index (χ3n) is 3.14. The Morgan fingerprint density at radius 3 is 2.41 bits per heavy atom. The summed E-state index contributed by atoms with van der Waals surface area (Å²) in [6, 6.07) is 5.27. The maximum Gasteiger partial charge on any atom is 0.258 e. The Morgan fingerprint density at radius 1 is 1.12 bits per heavy atom. The van der Waals surface area contributed by atoms with Crippen LogP contribution in [0.25, 0.3) is 11.5 Å². The molecule has 88 valence electrons. The first-order valence-corrected chi connectivity index (χ1v) is 5.72. The molecule has 5 heteroatoms. The predicted molar refractivity (Wildman–Crippen MR) is 65.2 cm³/mol. The minimum Gasteiger partial charge on any atom is -0.399 e. The van der Waals surface area contributed by atoms with E-state index in [2.05, 4.69) is 10.1 Å². The molecule has 1 aliphatic carbocycles. The summed E-state index contributed by atoms with van der Waals surface area (Å²) in [5, 5.41) is 4.01. The lowest BCUT2D eigenvalue weighted by atomic mass is 9.85. The third kappa shape index (κ3) is 1.84. The quantitative estimate of drug-likeness (QED) is 0.771. The largest absolute Gasteiger partial charge is 0.399 e. The van der Waals surface area contributed by atoms with Gasteiger partial charge in [0.05, 0.1) is 0 Å². The Hall–Kier alpha value is -2.04. The number of hydrogen-bond acceptors (Lipinski definition) is 5. The molecule has 0 bridgehead atoms. The minimum atomic E-state index is 0.464. The van der Waals surface area contributed by atoms with Crippen LogP contribution in [0.1, 0.15) is 31.0 Å². The second-order valence-corrected chi connectivity index (χ2v) is 4.47. The molecule has 1 heterocycles. The van der Waals surface area contributed by atoms with Crippen molar-refractivity contribution < 1.29 is 4.52 Å². The zero-order chi connectivity index (χ0) is 11.8. The van der Waals surface area contributed by atoms with Crippen molar-refractivity contribution in [1.82, 2.24) is 10.1 Å². The fourth-order valence-corrected chi connectivity index (χ4v) is 1.98. The van der Waals surface area contributed by atoms with Crippen molar-refractivity contribution in [3.63, 3.8) is 0 Å². The summed E-state index contributed by atoms with van der Waals surface area (Å²) in [6.45, 7) is 0. The van der Waals surface area contributed by atoms with E-state index >= 15 is 0 Å². The van der Waals surface area contributed by atoms with E-state index in [0.29, 0.717) is 23.2 Å². The highest BCUT2D eigenvalue weighted by Gasteiger charge is 2.24. The molecule has 3 rings (SSSR count). The zero-order valence-corrected chi connectivity index (χ0v) is 9.39. The predicted octanol–water partition coefficient (Wildman–Crippen LogP) is 2.17. The van der Waals surface area contributed by atoms with Gasteiger partial charge in [0.25, 0.3) is 5.89 Å². The molecule has 0 unspecified atom stereocenters. The Balaban J connectivity index is 1.94. The molecule has 0 saturated heterocycles. The molecule has 17 heavy (non-hydrogen) atoms. The molecule has 2 aromatic rings. The van der Waals surface area contributed by atoms with Crippen LogP contribution >= 0.6 is 0 Å². The molecule has 0 radical (unpaired) electrons. The lowest BCUT2D eigenvalue weighted by Crippen LogP contribution is -2.10. The molecule has 1 aliphatic rings. The van der Waals surface area contributed by atoms with E-state index in [1.54, 1.807) is 18.2 Å². The number of nitrogen functional groups attached to an aromatic ring is 2. The van der Waals surface area contributed by atoms with E-state index in [0.717, 1.165) is 24.2 Å². The molecule has 1 saturated carbocycles. The summed E-state index contributed by atoms with van der Waals surface area (Å²) in [5.41, 5.74) is 13.4. The monoisotopic (exact) mass is 230 g/mol. The third-order valence-corrected chi connectivity index (χ3v) is 3.14. The molecule has 5 nitrogen and oxygen atoms in total. The zero-order valence-electron chi connectivity index (χ0n) is 9.39. The van der Waals surface area contributed by atoms with E-state index in [9.17, 15) is 0 Å². The number of nitrogens with zero attached hydrogens (tertiary/aromatic N) is 2. The van der Waals surface area contributed by atoms with Gasteiger partial charge in [0.15, 0.2) is 5.82 Å². The second-order valence-electron chi connectivity index (χ2n) is 4.47. The Morgan fingerprint density at radius 2 is 1.82 bits per heavy atom. The van der Waals surface area contributed by atoms with Gasteiger partial charge in [-0.25, -0.2) is 0 Å². The van der Waals surface area contributed by atoms with Crippen LogP contribution < -0.4 is 11.5 Å². The van der Waals surface area contributed by atoms with E-state index in [-0.39, 0.29) is 0 Å². The Labute approximate surface area is 98.8 Å². The van der Waals surface area contributed by atoms with Gasteiger partial charge < -0.3 is 16.0 Å². The van der Waals surface area contributed by atoms with Gasteiger partial charge in [-0.1, -0.05) is 11.6 Å². The highest BCUT2D eigenvalue weighted by molar-refractivity contribution is 5.67. The van der Waals surface area contributed by atoms with Crippen molar-refractivity contribution in [3.05, 3.63) is 24.0 Å². The lowest BCUT2D eigenvalue weighted by Gasteiger charge is -2.20. The number of anilines is 2. The molecule has 1 aromatic carbocycles. The number of rotatable bonds is 2. The van der Waals surface area contributed by atoms with Gasteiger partial charge in [-0.05, 0) is 31.0 Å². The van der Waals surface area contributed by atoms with Crippen molar-refractivity contribution in [2.45, 2.75) is 25.2 Å². The van der Waals surface area contributed by atoms with Crippen molar-refractivity contribution in [1.29, 1.82) is 0 Å². The topological polar surface area (TPSA) is 91.0 Å². The van der Waals surface area contributed by atoms with Gasteiger partial charge >= 0.3 is 0 Å². The summed E-state index contributed by atoms with van der Waals surface area (Å²) in [5.74, 6) is 1.75. The molecular formula is C12H14N4O. The molecule has 1 aromatic heterocycles. The minimum absolute atomic E-state index is 0.464. The van der Waals surface area contributed by atoms with Crippen molar-refractivity contribution in [3.8, 4) is 11.5 Å². The van der Waals surface area contributed by atoms with Crippen LogP contribution in [0.4, 0.5) is 11.4 Å². The van der Waals surface area contributed by atoms with E-state index in [1.165, 1.54) is 6.42 Å². The van der Waals surface area contributed by atoms with E-state index in [4.69, 9.17) is 16.0 Å². The lowest BCUT2D eigenvalue weighted by molar-refractivity contribution is 0.366. The van der Waals surface area contributed by atoms with Crippen LogP contribution in [0.2, 0.25) is 0 Å². The highest BCUT2D eigenvalue weighted by Crippen LogP contribution is 2.35. The first kappa shape index (κ1) is 10.1. The number of aromatic nitrogens is 2. The summed E-state index contributed by atoms with van der Waals surface area (Å²) in [4.78, 5) is 4.40. The fraction of sp³-hybridized carbons (Fsp3) is 0.333. The molecule has 0 spiro atoms. The van der Waals surface area contributed by atoms with E-state index in [1.807, 2.05) is 0 Å². The van der Waals surface area contributed by atoms with Crippen LogP contribution in [-0.4, -0.2) is 10.1 Å². The summed E-state index contributed by atoms with van der Waals surface area (Å²) < 4.78 is 5.25. The van der Waals surface area contributed by atoms with Crippen LogP contribution in [-0.2, 0) is 0 Å². The van der Waals surface area contributed by atoms with Gasteiger partial charge in [-0.2, -0.15) is 4.98 Å². The maximum absolute atomic E-state index is 5.73. The van der Waals surface area contributed by atoms with E-state index < -0.39 is 0 Å². The number of benzene rings is 1. The van der Waals surface area contributed by atoms with Crippen LogP contribution in [0.3, 0.4) is 0 Å². The van der Waals surface area contributed by atoms with Gasteiger partial charge in [0, 0.05) is 22.9 Å². The maximum atomic E-state index is 5.73.